The Morgan fingerprint density at radius 3 is 2.76 bits per heavy atom. The zero-order valence-electron chi connectivity index (χ0n) is 9.24. The number of hydrogen-bond acceptors (Lipinski definition) is 3. The van der Waals surface area contributed by atoms with Crippen molar-refractivity contribution < 1.29 is 15.6 Å². The van der Waals surface area contributed by atoms with Gasteiger partial charge < -0.3 is 15.6 Å². The summed E-state index contributed by atoms with van der Waals surface area (Å²) in [5.74, 6) is -1.10. The third-order valence-corrected chi connectivity index (χ3v) is 2.51. The van der Waals surface area contributed by atoms with Crippen LogP contribution in [0.4, 0.5) is 0 Å². The predicted octanol–water partition coefficient (Wildman–Crippen LogP) is -0.705. The maximum Gasteiger partial charge on any atom is 0.118 e. The van der Waals surface area contributed by atoms with E-state index in [9.17, 15) is 9.90 Å². The largest absolute Gasteiger partial charge is 0.550 e. The molecule has 0 aliphatic carbocycles. The molecule has 0 saturated carbocycles. The summed E-state index contributed by atoms with van der Waals surface area (Å²) in [6, 6.07) is 9.27. The van der Waals surface area contributed by atoms with Gasteiger partial charge in [0, 0.05) is 24.2 Å². The van der Waals surface area contributed by atoms with E-state index in [4.69, 9.17) is 0 Å². The van der Waals surface area contributed by atoms with Crippen LogP contribution in [0.1, 0.15) is 18.0 Å². The number of carboxylic acid groups (broad SMARTS) is 1. The molecule has 1 aromatic heterocycles. The number of nitrogens with zero attached hydrogens (tertiary/aromatic N) is 2. The standard InChI is InChI=1S/C12H13N3O2/c13-11(6-12(16)17)9-7-14-15(8-9)10-4-2-1-3-5-10/h1-5,7-8,11H,6,13H2,(H,16,17)/t11-/m0/s1. The van der Waals surface area contributed by atoms with Crippen LogP contribution in [0.15, 0.2) is 42.7 Å². The highest BCUT2D eigenvalue weighted by atomic mass is 16.4. The lowest BCUT2D eigenvalue weighted by Crippen LogP contribution is -2.55. The third kappa shape index (κ3) is 2.70. The Hall–Kier alpha value is -2.14. The molecule has 3 N–H and O–H groups in total. The van der Waals surface area contributed by atoms with Crippen LogP contribution in [0.2, 0.25) is 0 Å². The maximum atomic E-state index is 10.5. The molecule has 17 heavy (non-hydrogen) atoms. The molecule has 0 spiro atoms. The first-order chi connectivity index (χ1) is 8.16. The summed E-state index contributed by atoms with van der Waals surface area (Å²) in [6.07, 6.45) is 3.32. The van der Waals surface area contributed by atoms with Gasteiger partial charge in [0.05, 0.1) is 11.9 Å². The highest BCUT2D eigenvalue weighted by Gasteiger charge is 2.12. The lowest BCUT2D eigenvalue weighted by molar-refractivity contribution is -0.430. The van der Waals surface area contributed by atoms with Crippen molar-refractivity contribution in [2.45, 2.75) is 12.5 Å². The molecule has 1 aromatic carbocycles. The van der Waals surface area contributed by atoms with E-state index in [2.05, 4.69) is 10.8 Å². The second-order valence-corrected chi connectivity index (χ2v) is 3.83. The Kier molecular flexibility index (Phi) is 3.20. The lowest BCUT2D eigenvalue weighted by atomic mass is 10.1. The van der Waals surface area contributed by atoms with Crippen LogP contribution in [-0.2, 0) is 4.79 Å². The first-order valence-electron chi connectivity index (χ1n) is 5.30. The molecule has 88 valence electrons. The van der Waals surface area contributed by atoms with E-state index in [1.165, 1.54) is 0 Å². The summed E-state index contributed by atoms with van der Waals surface area (Å²) in [4.78, 5) is 10.5. The van der Waals surface area contributed by atoms with E-state index in [1.54, 1.807) is 17.1 Å². The zero-order valence-corrected chi connectivity index (χ0v) is 9.24. The number of benzene rings is 1. The smallest absolute Gasteiger partial charge is 0.118 e. The fourth-order valence-electron chi connectivity index (χ4n) is 1.59. The van der Waals surface area contributed by atoms with E-state index >= 15 is 0 Å². The fraction of sp³-hybridized carbons (Fsp3) is 0.167. The lowest BCUT2D eigenvalue weighted by Gasteiger charge is -2.06. The van der Waals surface area contributed by atoms with Crippen molar-refractivity contribution in [3.63, 3.8) is 0 Å². The number of aromatic nitrogens is 2. The molecular weight excluding hydrogens is 218 g/mol. The van der Waals surface area contributed by atoms with Gasteiger partial charge in [0.1, 0.15) is 6.04 Å². The van der Waals surface area contributed by atoms with E-state index in [-0.39, 0.29) is 12.5 Å². The molecule has 1 atom stereocenters. The minimum atomic E-state index is -1.10. The van der Waals surface area contributed by atoms with Crippen LogP contribution in [-0.4, -0.2) is 15.7 Å². The minimum absolute atomic E-state index is 0.0967. The summed E-state index contributed by atoms with van der Waals surface area (Å²) < 4.78 is 1.70. The first kappa shape index (κ1) is 11.3. The van der Waals surface area contributed by atoms with Crippen LogP contribution in [0, 0.1) is 0 Å². The fourth-order valence-corrected chi connectivity index (χ4v) is 1.59. The quantitative estimate of drug-likeness (QED) is 0.754. The second-order valence-electron chi connectivity index (χ2n) is 3.83. The summed E-state index contributed by atoms with van der Waals surface area (Å²) in [5, 5.41) is 14.7. The number of quaternary nitrogens is 1. The topological polar surface area (TPSA) is 85.6 Å². The van der Waals surface area contributed by atoms with Gasteiger partial charge in [-0.3, -0.25) is 0 Å². The second kappa shape index (κ2) is 4.80. The van der Waals surface area contributed by atoms with E-state index in [0.29, 0.717) is 0 Å². The normalized spacial score (nSPS) is 12.3. The van der Waals surface area contributed by atoms with Gasteiger partial charge >= 0.3 is 0 Å². The molecule has 0 aliphatic rings. The number of hydrogen-bond donors (Lipinski definition) is 1. The summed E-state index contributed by atoms with van der Waals surface area (Å²) in [7, 11) is 0. The van der Waals surface area contributed by atoms with Crippen molar-refractivity contribution in [1.29, 1.82) is 0 Å². The van der Waals surface area contributed by atoms with Gasteiger partial charge in [-0.2, -0.15) is 5.10 Å². The predicted molar refractivity (Wildman–Crippen MR) is 58.8 cm³/mol. The van der Waals surface area contributed by atoms with Crippen molar-refractivity contribution >= 4 is 5.97 Å². The van der Waals surface area contributed by atoms with Crippen molar-refractivity contribution in [3.8, 4) is 5.69 Å². The van der Waals surface area contributed by atoms with Crippen molar-refractivity contribution in [3.05, 3.63) is 48.3 Å². The molecule has 2 aromatic rings. The molecule has 0 amide bonds. The first-order valence-corrected chi connectivity index (χ1v) is 5.30. The third-order valence-electron chi connectivity index (χ3n) is 2.51. The summed E-state index contributed by atoms with van der Waals surface area (Å²) in [5.41, 5.74) is 5.50. The molecule has 0 unspecified atom stereocenters. The molecule has 0 fully saturated rings. The monoisotopic (exact) mass is 231 g/mol. The van der Waals surface area contributed by atoms with Crippen LogP contribution in [0.25, 0.3) is 5.69 Å². The number of carboxylic acids is 1. The molecule has 1 heterocycles. The average Bonchev–Trinajstić information content (AvgIpc) is 2.78. The van der Waals surface area contributed by atoms with Gasteiger partial charge in [-0.05, 0) is 12.1 Å². The molecule has 0 bridgehead atoms. The summed E-state index contributed by atoms with van der Waals surface area (Å²) >= 11 is 0. The van der Waals surface area contributed by atoms with Gasteiger partial charge in [0.25, 0.3) is 0 Å². The van der Waals surface area contributed by atoms with E-state index in [0.717, 1.165) is 11.3 Å². The summed E-state index contributed by atoms with van der Waals surface area (Å²) in [6.45, 7) is 0. The maximum absolute atomic E-state index is 10.5. The molecular formula is C12H13N3O2. The molecule has 2 rings (SSSR count). The molecule has 0 saturated heterocycles. The Bertz CT molecular complexity index is 507. The van der Waals surface area contributed by atoms with Crippen LogP contribution < -0.4 is 10.8 Å². The number of aliphatic carboxylic acids is 1. The number of para-hydroxylation sites is 1. The van der Waals surface area contributed by atoms with Gasteiger partial charge in [-0.15, -0.1) is 0 Å². The molecule has 0 aliphatic heterocycles. The Morgan fingerprint density at radius 1 is 1.41 bits per heavy atom. The molecule has 5 heteroatoms. The highest BCUT2D eigenvalue weighted by Crippen LogP contribution is 2.13. The van der Waals surface area contributed by atoms with Gasteiger partial charge in [-0.1, -0.05) is 18.2 Å². The van der Waals surface area contributed by atoms with Crippen molar-refractivity contribution in [2.75, 3.05) is 0 Å². The Labute approximate surface area is 98.5 Å². The SMILES string of the molecule is [NH3+][C@@H](CC(=O)[O-])c1cnn(-c2ccccc2)c1. The number of rotatable bonds is 4. The number of carbonyl (C=O) groups is 1. The van der Waals surface area contributed by atoms with Gasteiger partial charge in [0.15, 0.2) is 0 Å². The van der Waals surface area contributed by atoms with Crippen LogP contribution >= 0.6 is 0 Å². The number of carbonyl (C=O) groups excluding carboxylic acids is 1. The van der Waals surface area contributed by atoms with Gasteiger partial charge in [0.2, 0.25) is 0 Å². The Balaban J connectivity index is 2.19. The van der Waals surface area contributed by atoms with Crippen molar-refractivity contribution in [2.24, 2.45) is 0 Å². The Morgan fingerprint density at radius 2 is 2.12 bits per heavy atom. The van der Waals surface area contributed by atoms with Gasteiger partial charge in [-0.25, -0.2) is 4.68 Å². The highest BCUT2D eigenvalue weighted by molar-refractivity contribution is 5.65. The zero-order chi connectivity index (χ0) is 12.3. The van der Waals surface area contributed by atoms with Crippen molar-refractivity contribution in [1.82, 2.24) is 9.78 Å². The minimum Gasteiger partial charge on any atom is -0.550 e. The van der Waals surface area contributed by atoms with E-state index < -0.39 is 5.97 Å². The average molecular weight is 231 g/mol. The van der Waals surface area contributed by atoms with Crippen LogP contribution in [0.5, 0.6) is 0 Å². The molecule has 5 nitrogen and oxygen atoms in total. The van der Waals surface area contributed by atoms with Crippen LogP contribution in [0.3, 0.4) is 0 Å². The van der Waals surface area contributed by atoms with E-state index in [1.807, 2.05) is 30.3 Å². The molecule has 0 radical (unpaired) electrons.